The average molecular weight is 437 g/mol. The summed E-state index contributed by atoms with van der Waals surface area (Å²) in [6.07, 6.45) is 6.24. The van der Waals surface area contributed by atoms with Crippen LogP contribution in [0.25, 0.3) is 0 Å². The van der Waals surface area contributed by atoms with E-state index >= 15 is 0 Å². The van der Waals surface area contributed by atoms with E-state index in [2.05, 4.69) is 6.92 Å². The number of hydrogen-bond donors (Lipinski definition) is 3. The van der Waals surface area contributed by atoms with Crippen LogP contribution in [0.1, 0.15) is 77.2 Å². The van der Waals surface area contributed by atoms with E-state index in [4.69, 9.17) is 9.84 Å². The number of carbonyl (C=O) groups is 3. The molecule has 1 aromatic rings. The van der Waals surface area contributed by atoms with E-state index in [1.165, 1.54) is 6.42 Å². The minimum absolute atomic E-state index is 0.0754. The maximum absolute atomic E-state index is 11.7. The lowest BCUT2D eigenvalue weighted by Crippen LogP contribution is -2.41. The van der Waals surface area contributed by atoms with Crippen LogP contribution in [-0.2, 0) is 20.8 Å². The van der Waals surface area contributed by atoms with Gasteiger partial charge in [-0.1, -0.05) is 57.6 Å². The summed E-state index contributed by atoms with van der Waals surface area (Å²) in [6, 6.07) is 7.71. The number of aliphatic carboxylic acids is 3. The van der Waals surface area contributed by atoms with Crippen molar-refractivity contribution >= 4 is 17.9 Å². The Bertz CT molecular complexity index is 682. The van der Waals surface area contributed by atoms with Crippen LogP contribution in [0.2, 0.25) is 0 Å². The number of carboxylic acids is 3. The van der Waals surface area contributed by atoms with Gasteiger partial charge in [-0.15, -0.1) is 0 Å². The highest BCUT2D eigenvalue weighted by molar-refractivity contribution is 6.01. The maximum Gasteiger partial charge on any atom is 0.321 e. The molecule has 0 saturated carbocycles. The molecular formula is C24H36O7. The van der Waals surface area contributed by atoms with Gasteiger partial charge in [0.2, 0.25) is 0 Å². The fourth-order valence-corrected chi connectivity index (χ4v) is 3.86. The van der Waals surface area contributed by atoms with Crippen molar-refractivity contribution < 1.29 is 34.4 Å². The molecule has 1 aromatic carbocycles. The Kier molecular flexibility index (Phi) is 11.7. The molecule has 0 aliphatic rings. The lowest BCUT2D eigenvalue weighted by molar-refractivity contribution is -0.170. The Labute approximate surface area is 184 Å². The lowest BCUT2D eigenvalue weighted by Gasteiger charge is -2.26. The van der Waals surface area contributed by atoms with Gasteiger partial charge in [-0.25, -0.2) is 0 Å². The third-order valence-corrected chi connectivity index (χ3v) is 5.73. The summed E-state index contributed by atoms with van der Waals surface area (Å²) in [4.78, 5) is 34.7. The van der Waals surface area contributed by atoms with Crippen molar-refractivity contribution in [3.8, 4) is 5.75 Å². The Balaban J connectivity index is 2.91. The Morgan fingerprint density at radius 3 is 2.03 bits per heavy atom. The van der Waals surface area contributed by atoms with Gasteiger partial charge in [-0.3, -0.25) is 14.4 Å². The van der Waals surface area contributed by atoms with E-state index < -0.39 is 29.7 Å². The topological polar surface area (TPSA) is 121 Å². The molecule has 0 spiro atoms. The highest BCUT2D eigenvalue weighted by Crippen LogP contribution is 2.34. The molecule has 3 N–H and O–H groups in total. The van der Waals surface area contributed by atoms with Gasteiger partial charge in [0.25, 0.3) is 0 Å². The van der Waals surface area contributed by atoms with Gasteiger partial charge in [0, 0.05) is 0 Å². The highest BCUT2D eigenvalue weighted by atomic mass is 16.5. The molecule has 0 radical (unpaired) electrons. The standard InChI is InChI=1S/C24H36O7/c1-3-5-6-7-8-9-18(16-19-10-12-20(13-11-19)31-4-2)14-15-24(22(27)28,23(29)30)17-21(25)26/h10-13,18H,3-9,14-17H2,1-2H3,(H,25,26)(H,27,28)(H,29,30). The summed E-state index contributed by atoms with van der Waals surface area (Å²) in [5.41, 5.74) is -1.23. The quantitative estimate of drug-likeness (QED) is 0.232. The van der Waals surface area contributed by atoms with Gasteiger partial charge >= 0.3 is 17.9 Å². The first kappa shape index (κ1) is 26.5. The number of hydrogen-bond acceptors (Lipinski definition) is 4. The first-order chi connectivity index (χ1) is 14.7. The smallest absolute Gasteiger partial charge is 0.321 e. The lowest BCUT2D eigenvalue weighted by atomic mass is 9.76. The fourth-order valence-electron chi connectivity index (χ4n) is 3.86. The molecule has 1 unspecified atom stereocenters. The van der Waals surface area contributed by atoms with E-state index in [-0.39, 0.29) is 12.3 Å². The SMILES string of the molecule is CCCCCCCC(CCC(CC(=O)O)(C(=O)O)C(=O)O)Cc1ccc(OCC)cc1. The van der Waals surface area contributed by atoms with Crippen LogP contribution < -0.4 is 4.74 Å². The van der Waals surface area contributed by atoms with Gasteiger partial charge < -0.3 is 20.1 Å². The predicted octanol–water partition coefficient (Wildman–Crippen LogP) is 5.02. The van der Waals surface area contributed by atoms with Crippen LogP contribution in [-0.4, -0.2) is 39.8 Å². The van der Waals surface area contributed by atoms with Crippen molar-refractivity contribution in [2.24, 2.45) is 11.3 Å². The van der Waals surface area contributed by atoms with Gasteiger partial charge in [0.05, 0.1) is 13.0 Å². The molecular weight excluding hydrogens is 400 g/mol. The fraction of sp³-hybridized carbons (Fsp3) is 0.625. The largest absolute Gasteiger partial charge is 0.494 e. The zero-order chi connectivity index (χ0) is 23.3. The molecule has 0 fully saturated rings. The second kappa shape index (κ2) is 13.7. The molecule has 0 aliphatic carbocycles. The molecule has 0 saturated heterocycles. The molecule has 0 bridgehead atoms. The minimum Gasteiger partial charge on any atom is -0.494 e. The van der Waals surface area contributed by atoms with Crippen molar-refractivity contribution in [1.82, 2.24) is 0 Å². The van der Waals surface area contributed by atoms with Gasteiger partial charge in [0.1, 0.15) is 5.75 Å². The van der Waals surface area contributed by atoms with Crippen molar-refractivity contribution in [2.45, 2.75) is 78.1 Å². The van der Waals surface area contributed by atoms with Crippen LogP contribution in [0.15, 0.2) is 24.3 Å². The van der Waals surface area contributed by atoms with Gasteiger partial charge in [0.15, 0.2) is 5.41 Å². The van der Waals surface area contributed by atoms with E-state index in [0.29, 0.717) is 19.4 Å². The van der Waals surface area contributed by atoms with Crippen molar-refractivity contribution in [3.63, 3.8) is 0 Å². The number of benzene rings is 1. The van der Waals surface area contributed by atoms with E-state index in [1.54, 1.807) is 0 Å². The minimum atomic E-state index is -2.30. The van der Waals surface area contributed by atoms with E-state index in [1.807, 2.05) is 31.2 Å². The van der Waals surface area contributed by atoms with Crippen LogP contribution in [0.3, 0.4) is 0 Å². The van der Waals surface area contributed by atoms with Gasteiger partial charge in [-0.2, -0.15) is 0 Å². The second-order valence-electron chi connectivity index (χ2n) is 8.15. The molecule has 31 heavy (non-hydrogen) atoms. The second-order valence-corrected chi connectivity index (χ2v) is 8.15. The summed E-state index contributed by atoms with van der Waals surface area (Å²) in [6.45, 7) is 4.64. The van der Waals surface area contributed by atoms with Crippen molar-refractivity contribution in [3.05, 3.63) is 29.8 Å². The summed E-state index contributed by atoms with van der Waals surface area (Å²) in [5.74, 6) is -3.76. The number of rotatable bonds is 17. The molecule has 0 heterocycles. The summed E-state index contributed by atoms with van der Waals surface area (Å²) >= 11 is 0. The third-order valence-electron chi connectivity index (χ3n) is 5.73. The van der Waals surface area contributed by atoms with Crippen LogP contribution in [0.5, 0.6) is 5.75 Å². The first-order valence-corrected chi connectivity index (χ1v) is 11.2. The van der Waals surface area contributed by atoms with Crippen LogP contribution in [0, 0.1) is 11.3 Å². The zero-order valence-electron chi connectivity index (χ0n) is 18.6. The first-order valence-electron chi connectivity index (χ1n) is 11.2. The van der Waals surface area contributed by atoms with E-state index in [0.717, 1.165) is 43.4 Å². The molecule has 1 rings (SSSR count). The number of carboxylic acid groups (broad SMARTS) is 3. The maximum atomic E-state index is 11.7. The molecule has 0 aromatic heterocycles. The molecule has 1 atom stereocenters. The van der Waals surface area contributed by atoms with Crippen molar-refractivity contribution in [2.75, 3.05) is 6.61 Å². The Hall–Kier alpha value is -2.57. The Morgan fingerprint density at radius 1 is 0.903 bits per heavy atom. The predicted molar refractivity (Wildman–Crippen MR) is 117 cm³/mol. The third kappa shape index (κ3) is 8.99. The molecule has 7 nitrogen and oxygen atoms in total. The Morgan fingerprint density at radius 2 is 1.52 bits per heavy atom. The highest BCUT2D eigenvalue weighted by Gasteiger charge is 2.48. The summed E-state index contributed by atoms with van der Waals surface area (Å²) in [5, 5.41) is 28.2. The zero-order valence-corrected chi connectivity index (χ0v) is 18.6. The summed E-state index contributed by atoms with van der Waals surface area (Å²) in [7, 11) is 0. The van der Waals surface area contributed by atoms with E-state index in [9.17, 15) is 24.6 Å². The molecule has 0 aliphatic heterocycles. The number of ether oxygens (including phenoxy) is 1. The van der Waals surface area contributed by atoms with Crippen molar-refractivity contribution in [1.29, 1.82) is 0 Å². The van der Waals surface area contributed by atoms with Gasteiger partial charge in [-0.05, 0) is 49.8 Å². The normalized spacial score (nSPS) is 12.3. The molecule has 0 amide bonds. The molecule has 174 valence electrons. The summed E-state index contributed by atoms with van der Waals surface area (Å²) < 4.78 is 5.46. The number of unbranched alkanes of at least 4 members (excludes halogenated alkanes) is 4. The molecule has 7 heteroatoms. The average Bonchev–Trinajstić information content (AvgIpc) is 2.71. The monoisotopic (exact) mass is 436 g/mol. The van der Waals surface area contributed by atoms with Crippen LogP contribution in [0.4, 0.5) is 0 Å². The van der Waals surface area contributed by atoms with Crippen LogP contribution >= 0.6 is 0 Å².